The average molecular weight is 1940 g/mol. The second-order valence-corrected chi connectivity index (χ2v) is 35.5. The highest BCUT2D eigenvalue weighted by atomic mass is 16.5. The number of carboxylic acid groups (broad SMARTS) is 2. The number of guanidine groups is 1. The van der Waals surface area contributed by atoms with Crippen LogP contribution in [-0.2, 0) is 106 Å². The number of phenols is 1. The number of primary amides is 1. The number of phenolic OH excluding ortho intramolecular Hbond substituents is 1. The summed E-state index contributed by atoms with van der Waals surface area (Å²) in [6, 6.07) is -1.75. The summed E-state index contributed by atoms with van der Waals surface area (Å²) in [6.45, 7) is 10.0. The smallest absolute Gasteiger partial charge is 0.326 e. The number of aromatic nitrogens is 4. The van der Waals surface area contributed by atoms with Crippen LogP contribution < -0.4 is 85.7 Å². The van der Waals surface area contributed by atoms with Crippen LogP contribution in [0.5, 0.6) is 5.75 Å². The molecule has 43 heteroatoms. The van der Waals surface area contributed by atoms with E-state index < -0.39 is 181 Å². The summed E-state index contributed by atoms with van der Waals surface area (Å²) in [7, 11) is 2.82. The third-order valence-corrected chi connectivity index (χ3v) is 23.8. The molecule has 1 saturated heterocycles. The molecule has 13 amide bonds. The number of nitrogens with two attached hydrogens (primary N) is 2. The number of benzene rings is 2. The number of piperazine rings is 1. The molecule has 0 radical (unpaired) electrons. The Bertz CT molecular complexity index is 4550. The van der Waals surface area contributed by atoms with Gasteiger partial charge in [-0.1, -0.05) is 156 Å². The van der Waals surface area contributed by atoms with Gasteiger partial charge in [-0.2, -0.15) is 0 Å². The molecule has 0 saturated carbocycles. The van der Waals surface area contributed by atoms with E-state index in [1.165, 1.54) is 128 Å². The van der Waals surface area contributed by atoms with Gasteiger partial charge in [0.1, 0.15) is 73.3 Å². The van der Waals surface area contributed by atoms with E-state index in [4.69, 9.17) is 31.1 Å². The van der Waals surface area contributed by atoms with Gasteiger partial charge < -0.3 is 120 Å². The molecule has 1 fully saturated rings. The van der Waals surface area contributed by atoms with Gasteiger partial charge in [-0.25, -0.2) is 19.6 Å². The minimum Gasteiger partial charge on any atom is -0.508 e. The highest BCUT2D eigenvalue weighted by Crippen LogP contribution is 2.24. The maximum atomic E-state index is 14.9. The fraction of sp³-hybridized carbons (Fsp3) is 0.653. The van der Waals surface area contributed by atoms with Crippen molar-refractivity contribution in [3.8, 4) is 5.75 Å². The van der Waals surface area contributed by atoms with E-state index in [1.807, 2.05) is 11.8 Å². The number of ether oxygens (including phenoxy) is 3. The van der Waals surface area contributed by atoms with Crippen molar-refractivity contribution in [3.05, 3.63) is 82.9 Å². The third-order valence-electron chi connectivity index (χ3n) is 23.8. The number of aromatic amines is 1. The predicted molar refractivity (Wildman–Crippen MR) is 515 cm³/mol. The lowest BCUT2D eigenvalue weighted by atomic mass is 9.97. The second-order valence-electron chi connectivity index (χ2n) is 35.5. The van der Waals surface area contributed by atoms with E-state index in [1.54, 1.807) is 43.9 Å². The molecular weight excluding hydrogens is 1790 g/mol. The molecule has 10 atom stereocenters. The molecule has 768 valence electrons. The predicted octanol–water partition coefficient (Wildman–Crippen LogP) is 3.04. The molecule has 1 aliphatic rings. The van der Waals surface area contributed by atoms with Gasteiger partial charge in [0.05, 0.1) is 56.4 Å². The first-order valence-electron chi connectivity index (χ1n) is 48.6. The molecule has 138 heavy (non-hydrogen) atoms. The standard InChI is InChI=1S/C95H151N21O22/c1-8-10-11-12-13-14-15-16-17-18-19-20-21-22-23-24-25-31-80(120)106-73(94(134)135)39-41-81(121)107-72(93(132)133)38-40-79(119)101-42-27-26-29-71(108-90(129)84(63(5)9-2)113-83(123)59-138-51-50-137-49-48-136-7)92(131)115-46-44-114(45-47-115)66-34-37-69-68(55-66)91(130)116(61-104-69)58-82(122)105-70(30-28-43-102-95(97)98)86(125)111-76(54-65-57-100-60-103-65)89(128)110-75(53-64-32-35-67(117)36-33-64)88(127)109-74(52-62(3)4)87(126)112-77(56-78(96)118)85(124)99-6/h32-37,55,57,60-63,70-77,84,117H,8-31,38-54,56,58-59H2,1-7H3,(H2,96,118)(H,99,124)(H,100,103)(H,101,119)(H,105,122)(H,106,120)(H,107,121)(H,108,129)(H,109,127)(H,110,128)(H,111,125)(H,112,126)(H,113,123)(H,132,133)(H,134,135)(H4,97,98,102)/t63-,70-,71-,72-,73-,74?,75-,76?,77-,84-/m0/s1. The van der Waals surface area contributed by atoms with Crippen LogP contribution in [0.3, 0.4) is 0 Å². The Kier molecular flexibility index (Phi) is 55.0. The maximum Gasteiger partial charge on any atom is 0.326 e. The van der Waals surface area contributed by atoms with Crippen molar-refractivity contribution in [1.82, 2.24) is 88.2 Å². The first kappa shape index (κ1) is 116. The summed E-state index contributed by atoms with van der Waals surface area (Å²) in [6.07, 6.45) is 22.7. The maximum absolute atomic E-state index is 14.9. The van der Waals surface area contributed by atoms with Gasteiger partial charge >= 0.3 is 11.9 Å². The van der Waals surface area contributed by atoms with Crippen LogP contribution in [0, 0.1) is 17.2 Å². The van der Waals surface area contributed by atoms with E-state index in [9.17, 15) is 92.0 Å². The number of H-pyrrole nitrogens is 1. The lowest BCUT2D eigenvalue weighted by Crippen LogP contribution is -2.60. The van der Waals surface area contributed by atoms with Gasteiger partial charge in [-0.3, -0.25) is 77.1 Å². The number of carboxylic acids is 2. The zero-order chi connectivity index (χ0) is 101. The number of nitrogens with one attached hydrogen (secondary N) is 14. The van der Waals surface area contributed by atoms with E-state index in [0.717, 1.165) is 36.6 Å². The van der Waals surface area contributed by atoms with Gasteiger partial charge in [0.15, 0.2) is 5.96 Å². The number of aliphatic carboxylic acids is 2. The van der Waals surface area contributed by atoms with Crippen molar-refractivity contribution in [2.45, 2.75) is 301 Å². The first-order chi connectivity index (χ1) is 66.1. The average Bonchev–Trinajstić information content (AvgIpc) is 0.797. The highest BCUT2D eigenvalue weighted by Gasteiger charge is 2.37. The molecule has 21 N–H and O–H groups in total. The van der Waals surface area contributed by atoms with Crippen LogP contribution in [-0.4, -0.2) is 275 Å². The first-order valence-corrected chi connectivity index (χ1v) is 48.6. The number of unbranched alkanes of at least 4 members (excludes halogenated alkanes) is 17. The molecule has 1 aliphatic heterocycles. The zero-order valence-corrected chi connectivity index (χ0v) is 81.2. The van der Waals surface area contributed by atoms with Gasteiger partial charge in [0.25, 0.3) is 5.56 Å². The Balaban J connectivity index is 1.24. The summed E-state index contributed by atoms with van der Waals surface area (Å²) < 4.78 is 16.9. The number of rotatable bonds is 72. The largest absolute Gasteiger partial charge is 0.508 e. The lowest BCUT2D eigenvalue weighted by Gasteiger charge is -2.38. The van der Waals surface area contributed by atoms with E-state index in [-0.39, 0.29) is 158 Å². The molecule has 2 unspecified atom stereocenters. The Morgan fingerprint density at radius 2 is 1.05 bits per heavy atom. The molecule has 2 aromatic heterocycles. The fourth-order valence-electron chi connectivity index (χ4n) is 15.7. The van der Waals surface area contributed by atoms with E-state index >= 15 is 0 Å². The summed E-state index contributed by atoms with van der Waals surface area (Å²) in [5, 5.41) is 69.3. The molecule has 0 aliphatic carbocycles. The van der Waals surface area contributed by atoms with E-state index in [0.29, 0.717) is 43.0 Å². The molecule has 0 bridgehead atoms. The second kappa shape index (κ2) is 65.4. The van der Waals surface area contributed by atoms with Crippen LogP contribution in [0.2, 0.25) is 0 Å². The minimum absolute atomic E-state index is 0.0163. The number of carbonyl (C=O) groups is 15. The molecule has 43 nitrogen and oxygen atoms in total. The van der Waals surface area contributed by atoms with Crippen LogP contribution in [0.15, 0.2) is 66.1 Å². The Morgan fingerprint density at radius 1 is 0.522 bits per heavy atom. The highest BCUT2D eigenvalue weighted by molar-refractivity contribution is 5.98. The van der Waals surface area contributed by atoms with Crippen molar-refractivity contribution in [2.75, 3.05) is 91.4 Å². The Morgan fingerprint density at radius 3 is 1.62 bits per heavy atom. The normalized spacial score (nSPS) is 14.1. The number of amides is 13. The molecular formula is C95H151N21O22. The van der Waals surface area contributed by atoms with Crippen molar-refractivity contribution in [3.63, 3.8) is 0 Å². The SMILES string of the molecule is CCCCCCCCCCCCCCCCCCCC(=O)N[C@@H](CCC(=O)N[C@@H](CCC(=O)NCCCC[C@H](NC(=O)[C@@H](NC(=O)COCCOCCOC)[C@@H](C)CC)C(=O)N1CCN(c2ccc3ncn(CC(=O)N[C@@H](CCCNC(=N)N)C(=O)NC(Cc4cnc[nH]4)C(=O)N[C@@H](Cc4ccc(O)cc4)C(=O)NC(CC(C)C)C(=O)N[C@@H](CC(N)=O)C(=O)NC)c(=O)c3c2)CC1)C(=O)O)C(=O)O. The van der Waals surface area contributed by atoms with Gasteiger partial charge in [0.2, 0.25) is 76.8 Å². The number of fused-ring (bicyclic) bond motifs is 1. The van der Waals surface area contributed by atoms with Crippen molar-refractivity contribution >= 4 is 111 Å². The van der Waals surface area contributed by atoms with Crippen LogP contribution >= 0.6 is 0 Å². The number of hydrogen-bond acceptors (Lipinski definition) is 24. The fourth-order valence-corrected chi connectivity index (χ4v) is 15.7. The van der Waals surface area contributed by atoms with Crippen molar-refractivity contribution in [2.24, 2.45) is 23.3 Å². The van der Waals surface area contributed by atoms with Gasteiger partial charge in [-0.15, -0.1) is 0 Å². The number of aromatic hydroxyl groups is 1. The summed E-state index contributed by atoms with van der Waals surface area (Å²) in [5.74, 6) is -13.5. The third kappa shape index (κ3) is 45.7. The topological polar surface area (TPSA) is 635 Å². The van der Waals surface area contributed by atoms with Crippen LogP contribution in [0.4, 0.5) is 5.69 Å². The Labute approximate surface area is 807 Å². The molecule has 3 heterocycles. The molecule has 4 aromatic rings. The monoisotopic (exact) mass is 1940 g/mol. The number of nitrogens with zero attached hydrogens (tertiary/aromatic N) is 5. The van der Waals surface area contributed by atoms with E-state index in [2.05, 4.69) is 85.7 Å². The Hall–Kier alpha value is -12.4. The summed E-state index contributed by atoms with van der Waals surface area (Å²) in [4.78, 5) is 233. The summed E-state index contributed by atoms with van der Waals surface area (Å²) in [5.41, 5.74) is 11.9. The number of hydrogen-bond donors (Lipinski definition) is 19. The number of methoxy groups -OCH3 is 1. The number of imidazole rings is 1. The van der Waals surface area contributed by atoms with Crippen LogP contribution in [0.1, 0.15) is 239 Å². The lowest BCUT2D eigenvalue weighted by molar-refractivity contribution is -0.143. The van der Waals surface area contributed by atoms with Crippen molar-refractivity contribution < 1.29 is 101 Å². The number of carbonyl (C=O) groups excluding carboxylic acids is 13. The molecule has 2 aromatic carbocycles. The van der Waals surface area contributed by atoms with Gasteiger partial charge in [-0.05, 0) is 106 Å². The summed E-state index contributed by atoms with van der Waals surface area (Å²) >= 11 is 0. The zero-order valence-electron chi connectivity index (χ0n) is 81.2. The number of anilines is 1. The number of likely N-dealkylation sites (N-methyl/N-ethyl adjacent to an activating group) is 1. The van der Waals surface area contributed by atoms with Crippen LogP contribution in [0.25, 0.3) is 10.9 Å². The molecule has 5 rings (SSSR count). The minimum atomic E-state index is -1.53. The molecule has 0 spiro atoms. The van der Waals surface area contributed by atoms with Gasteiger partial charge in [0, 0.05) is 103 Å². The van der Waals surface area contributed by atoms with Crippen molar-refractivity contribution in [1.29, 1.82) is 5.41 Å². The quantitative estimate of drug-likeness (QED) is 0.0172.